The highest BCUT2D eigenvalue weighted by atomic mass is 16.5. The van der Waals surface area contributed by atoms with Crippen LogP contribution in [0.2, 0.25) is 0 Å². The highest BCUT2D eigenvalue weighted by molar-refractivity contribution is 5.92. The van der Waals surface area contributed by atoms with E-state index in [9.17, 15) is 4.79 Å². The quantitative estimate of drug-likeness (QED) is 0.531. The second-order valence-electron chi connectivity index (χ2n) is 8.50. The molecule has 0 spiro atoms. The zero-order chi connectivity index (χ0) is 22.3. The molecular weight excluding hydrogens is 402 g/mol. The Hall–Kier alpha value is -3.12. The molecule has 0 bridgehead atoms. The lowest BCUT2D eigenvalue weighted by molar-refractivity contribution is 0.0579. The third-order valence-electron chi connectivity index (χ3n) is 6.44. The van der Waals surface area contributed by atoms with Gasteiger partial charge in [0, 0.05) is 31.4 Å². The van der Waals surface area contributed by atoms with E-state index >= 15 is 0 Å². The first-order chi connectivity index (χ1) is 15.6. The molecule has 1 unspecified atom stereocenters. The first-order valence-electron chi connectivity index (χ1n) is 11.2. The summed E-state index contributed by atoms with van der Waals surface area (Å²) in [5.41, 5.74) is 2.87. The number of nitrogens with zero attached hydrogens (tertiary/aromatic N) is 3. The summed E-state index contributed by atoms with van der Waals surface area (Å²) in [5.74, 6) is 1.23. The van der Waals surface area contributed by atoms with Gasteiger partial charge in [0.25, 0.3) is 5.91 Å². The van der Waals surface area contributed by atoms with Crippen molar-refractivity contribution in [1.29, 1.82) is 0 Å². The van der Waals surface area contributed by atoms with Crippen LogP contribution in [0.15, 0.2) is 71.7 Å². The highest BCUT2D eigenvalue weighted by Gasteiger charge is 2.32. The number of likely N-dealkylation sites (N-methyl/N-ethyl adjacent to an activating group) is 1. The average molecular weight is 434 g/mol. The highest BCUT2D eigenvalue weighted by Crippen LogP contribution is 2.28. The molecule has 168 valence electrons. The molecule has 6 heteroatoms. The van der Waals surface area contributed by atoms with Gasteiger partial charge in [-0.05, 0) is 74.2 Å². The summed E-state index contributed by atoms with van der Waals surface area (Å²) >= 11 is 0. The van der Waals surface area contributed by atoms with Crippen LogP contribution in [0.3, 0.4) is 0 Å². The summed E-state index contributed by atoms with van der Waals surface area (Å²) < 4.78 is 10.6. The molecule has 3 heterocycles. The standard InChI is InChI=1S/C26H31N3O3/c1-28(26(30)24-8-3-4-12-27-24)25(17-20-6-5-7-23(16-20)31-2)22-9-13-29(14-10-22)18-21-11-15-32-19-21/h3-8,11-12,15-16,19,22,25H,9-10,13-14,17-18H2,1-2H3. The minimum atomic E-state index is -0.0284. The molecule has 0 aliphatic carbocycles. The van der Waals surface area contributed by atoms with Gasteiger partial charge in [-0.3, -0.25) is 14.7 Å². The van der Waals surface area contributed by atoms with E-state index < -0.39 is 0 Å². The smallest absolute Gasteiger partial charge is 0.272 e. The van der Waals surface area contributed by atoms with E-state index in [-0.39, 0.29) is 11.9 Å². The van der Waals surface area contributed by atoms with Gasteiger partial charge in [-0.25, -0.2) is 0 Å². The van der Waals surface area contributed by atoms with Crippen molar-refractivity contribution >= 4 is 5.91 Å². The number of aromatic nitrogens is 1. The monoisotopic (exact) mass is 433 g/mol. The first-order valence-corrected chi connectivity index (χ1v) is 11.2. The van der Waals surface area contributed by atoms with Crippen molar-refractivity contribution in [1.82, 2.24) is 14.8 Å². The van der Waals surface area contributed by atoms with Crippen LogP contribution in [-0.4, -0.2) is 54.0 Å². The zero-order valence-corrected chi connectivity index (χ0v) is 18.8. The van der Waals surface area contributed by atoms with Crippen LogP contribution in [0, 0.1) is 5.92 Å². The Morgan fingerprint density at radius 1 is 1.19 bits per heavy atom. The fraction of sp³-hybridized carbons (Fsp3) is 0.385. The summed E-state index contributed by atoms with van der Waals surface area (Å²) in [4.78, 5) is 21.9. The van der Waals surface area contributed by atoms with Gasteiger partial charge in [-0.1, -0.05) is 18.2 Å². The van der Waals surface area contributed by atoms with Gasteiger partial charge >= 0.3 is 0 Å². The molecule has 1 saturated heterocycles. The molecule has 0 saturated carbocycles. The van der Waals surface area contributed by atoms with Gasteiger partial charge in [0.05, 0.1) is 19.6 Å². The number of pyridine rings is 1. The van der Waals surface area contributed by atoms with E-state index in [4.69, 9.17) is 9.15 Å². The first kappa shape index (κ1) is 22.1. The number of furan rings is 1. The van der Waals surface area contributed by atoms with Gasteiger partial charge in [0.2, 0.25) is 0 Å². The second-order valence-corrected chi connectivity index (χ2v) is 8.50. The minimum Gasteiger partial charge on any atom is -0.497 e. The van der Waals surface area contributed by atoms with Crippen molar-refractivity contribution in [3.05, 3.63) is 84.1 Å². The Kier molecular flexibility index (Phi) is 7.22. The number of carbonyl (C=O) groups is 1. The minimum absolute atomic E-state index is 0.0284. The maximum atomic E-state index is 13.2. The molecule has 3 aromatic rings. The van der Waals surface area contributed by atoms with Gasteiger partial charge in [0.15, 0.2) is 0 Å². The number of carbonyl (C=O) groups excluding carboxylic acids is 1. The number of rotatable bonds is 8. The third kappa shape index (κ3) is 5.37. The Balaban J connectivity index is 1.49. The molecule has 6 nitrogen and oxygen atoms in total. The molecule has 1 aliphatic rings. The maximum Gasteiger partial charge on any atom is 0.272 e. The molecule has 1 amide bonds. The molecule has 0 N–H and O–H groups in total. The lowest BCUT2D eigenvalue weighted by Gasteiger charge is -2.40. The van der Waals surface area contributed by atoms with E-state index in [0.717, 1.165) is 44.6 Å². The lowest BCUT2D eigenvalue weighted by atomic mass is 9.84. The van der Waals surface area contributed by atoms with Crippen molar-refractivity contribution in [3.63, 3.8) is 0 Å². The summed E-state index contributed by atoms with van der Waals surface area (Å²) in [7, 11) is 3.60. The van der Waals surface area contributed by atoms with Gasteiger partial charge < -0.3 is 14.1 Å². The lowest BCUT2D eigenvalue weighted by Crippen LogP contribution is -2.47. The second kappa shape index (κ2) is 10.5. The molecule has 32 heavy (non-hydrogen) atoms. The van der Waals surface area contributed by atoms with Crippen LogP contribution in [0.4, 0.5) is 0 Å². The van der Waals surface area contributed by atoms with Gasteiger partial charge in [-0.2, -0.15) is 0 Å². The Bertz CT molecular complexity index is 983. The van der Waals surface area contributed by atoms with Crippen molar-refractivity contribution in [2.75, 3.05) is 27.2 Å². The van der Waals surface area contributed by atoms with Gasteiger partial charge in [-0.15, -0.1) is 0 Å². The molecule has 1 aliphatic heterocycles. The summed E-state index contributed by atoms with van der Waals surface area (Å²) in [6.07, 6.45) is 8.10. The number of likely N-dealkylation sites (tertiary alicyclic amines) is 1. The Morgan fingerprint density at radius 2 is 2.03 bits per heavy atom. The van der Waals surface area contributed by atoms with Crippen LogP contribution in [0.25, 0.3) is 0 Å². The largest absolute Gasteiger partial charge is 0.497 e. The Morgan fingerprint density at radius 3 is 2.72 bits per heavy atom. The van der Waals surface area contributed by atoms with E-state index in [2.05, 4.69) is 22.0 Å². The molecule has 1 atom stereocenters. The zero-order valence-electron chi connectivity index (χ0n) is 18.8. The number of hydrogen-bond donors (Lipinski definition) is 0. The van der Waals surface area contributed by atoms with Crippen molar-refractivity contribution in [3.8, 4) is 5.75 Å². The molecule has 1 fully saturated rings. The molecule has 2 aromatic heterocycles. The van der Waals surface area contributed by atoms with E-state index in [1.807, 2.05) is 48.5 Å². The Labute approximate surface area is 189 Å². The van der Waals surface area contributed by atoms with Crippen LogP contribution < -0.4 is 4.74 Å². The number of benzene rings is 1. The number of ether oxygens (including phenoxy) is 1. The van der Waals surface area contributed by atoms with Crippen LogP contribution in [0.5, 0.6) is 5.75 Å². The maximum absolute atomic E-state index is 13.2. The van der Waals surface area contributed by atoms with E-state index in [1.165, 1.54) is 11.1 Å². The average Bonchev–Trinajstić information content (AvgIpc) is 3.36. The number of methoxy groups -OCH3 is 1. The molecular formula is C26H31N3O3. The summed E-state index contributed by atoms with van der Waals surface area (Å²) in [5, 5.41) is 0. The summed E-state index contributed by atoms with van der Waals surface area (Å²) in [6, 6.07) is 15.7. The van der Waals surface area contributed by atoms with Crippen molar-refractivity contribution in [2.45, 2.75) is 31.8 Å². The van der Waals surface area contributed by atoms with Crippen LogP contribution in [-0.2, 0) is 13.0 Å². The number of piperidine rings is 1. The number of hydrogen-bond acceptors (Lipinski definition) is 5. The normalized spacial score (nSPS) is 15.9. The third-order valence-corrected chi connectivity index (χ3v) is 6.44. The topological polar surface area (TPSA) is 58.8 Å². The van der Waals surface area contributed by atoms with Gasteiger partial charge in [0.1, 0.15) is 11.4 Å². The predicted octanol–water partition coefficient (Wildman–Crippen LogP) is 4.28. The van der Waals surface area contributed by atoms with Crippen LogP contribution >= 0.6 is 0 Å². The van der Waals surface area contributed by atoms with Crippen molar-refractivity contribution < 1.29 is 13.9 Å². The molecule has 1 aromatic carbocycles. The van der Waals surface area contributed by atoms with E-state index in [1.54, 1.807) is 25.6 Å². The molecule has 4 rings (SSSR count). The predicted molar refractivity (Wildman–Crippen MR) is 124 cm³/mol. The molecule has 0 radical (unpaired) electrons. The van der Waals surface area contributed by atoms with Crippen molar-refractivity contribution in [2.24, 2.45) is 5.92 Å². The summed E-state index contributed by atoms with van der Waals surface area (Å²) in [6.45, 7) is 2.93. The van der Waals surface area contributed by atoms with Crippen LogP contribution in [0.1, 0.15) is 34.5 Å². The fourth-order valence-corrected chi connectivity index (χ4v) is 4.62. The fourth-order valence-electron chi connectivity index (χ4n) is 4.62. The number of amides is 1. The SMILES string of the molecule is COc1cccc(CC(C2CCN(Cc3ccoc3)CC2)N(C)C(=O)c2ccccn2)c1. The van der Waals surface area contributed by atoms with E-state index in [0.29, 0.717) is 11.6 Å².